The second kappa shape index (κ2) is 8.77. The van der Waals surface area contributed by atoms with E-state index in [1.807, 2.05) is 19.1 Å². The predicted molar refractivity (Wildman–Crippen MR) is 124 cm³/mol. The Kier molecular flexibility index (Phi) is 5.99. The summed E-state index contributed by atoms with van der Waals surface area (Å²) in [4.78, 5) is 21.0. The maximum Gasteiger partial charge on any atom is 0.416 e. The Morgan fingerprint density at radius 1 is 1.15 bits per heavy atom. The molecular weight excluding hydrogens is 445 g/mol. The molecule has 0 fully saturated rings. The lowest BCUT2D eigenvalue weighted by atomic mass is 10.0. The number of halogens is 3. The number of nitrogens with one attached hydrogen (secondary N) is 1. The maximum atomic E-state index is 13.0. The van der Waals surface area contributed by atoms with Crippen LogP contribution in [0.4, 0.5) is 24.9 Å². The second-order valence-electron chi connectivity index (χ2n) is 8.06. The second-order valence-corrected chi connectivity index (χ2v) is 8.06. The first-order valence-corrected chi connectivity index (χ1v) is 10.6. The molecule has 1 amide bonds. The molecule has 2 aromatic heterocycles. The Labute approximate surface area is 193 Å². The van der Waals surface area contributed by atoms with Crippen molar-refractivity contribution in [3.8, 4) is 11.3 Å². The Bertz CT molecular complexity index is 1390. The number of nitrogen functional groups attached to an aromatic ring is 1. The molecule has 34 heavy (non-hydrogen) atoms. The third-order valence-electron chi connectivity index (χ3n) is 5.63. The third-order valence-corrected chi connectivity index (χ3v) is 5.63. The van der Waals surface area contributed by atoms with E-state index in [1.165, 1.54) is 6.07 Å². The van der Waals surface area contributed by atoms with Crippen LogP contribution in [0.3, 0.4) is 0 Å². The summed E-state index contributed by atoms with van der Waals surface area (Å²) >= 11 is 0. The summed E-state index contributed by atoms with van der Waals surface area (Å²) in [5.41, 5.74) is 9.26. The minimum absolute atomic E-state index is 0.198. The molecule has 2 aromatic carbocycles. The zero-order valence-electron chi connectivity index (χ0n) is 18.9. The van der Waals surface area contributed by atoms with Gasteiger partial charge in [-0.05, 0) is 54.3 Å². The van der Waals surface area contributed by atoms with Crippen LogP contribution in [0.15, 0.2) is 42.6 Å². The molecule has 0 aliphatic heterocycles. The van der Waals surface area contributed by atoms with Gasteiger partial charge in [-0.2, -0.15) is 18.3 Å². The summed E-state index contributed by atoms with van der Waals surface area (Å²) in [6.45, 7) is 3.69. The number of alkyl halides is 3. The smallest absolute Gasteiger partial charge is 0.368 e. The van der Waals surface area contributed by atoms with Crippen LogP contribution in [0.25, 0.3) is 22.2 Å². The molecule has 176 valence electrons. The lowest BCUT2D eigenvalue weighted by molar-refractivity contribution is -0.137. The molecule has 0 radical (unpaired) electrons. The third kappa shape index (κ3) is 4.70. The van der Waals surface area contributed by atoms with Gasteiger partial charge < -0.3 is 11.1 Å². The molecule has 0 aliphatic carbocycles. The Hall–Kier alpha value is -3.95. The fraction of sp³-hybridized carbons (Fsp3) is 0.250. The summed E-state index contributed by atoms with van der Waals surface area (Å²) in [5.74, 6) is 0.0547. The number of aromatic nitrogens is 4. The molecule has 0 unspecified atom stereocenters. The van der Waals surface area contributed by atoms with E-state index in [9.17, 15) is 18.0 Å². The molecule has 0 aliphatic rings. The van der Waals surface area contributed by atoms with Crippen LogP contribution in [0.1, 0.15) is 29.2 Å². The van der Waals surface area contributed by atoms with Gasteiger partial charge in [0, 0.05) is 30.3 Å². The van der Waals surface area contributed by atoms with E-state index in [4.69, 9.17) is 5.73 Å². The Morgan fingerprint density at radius 3 is 2.62 bits per heavy atom. The highest BCUT2D eigenvalue weighted by molar-refractivity contribution is 5.93. The van der Waals surface area contributed by atoms with E-state index in [1.54, 1.807) is 30.9 Å². The van der Waals surface area contributed by atoms with Crippen molar-refractivity contribution in [2.24, 2.45) is 7.05 Å². The fourth-order valence-electron chi connectivity index (χ4n) is 3.85. The van der Waals surface area contributed by atoms with Crippen molar-refractivity contribution in [3.05, 3.63) is 64.8 Å². The highest BCUT2D eigenvalue weighted by Crippen LogP contribution is 2.31. The van der Waals surface area contributed by atoms with Crippen LogP contribution in [0, 0.1) is 6.92 Å². The molecule has 2 heterocycles. The number of anilines is 2. The average molecular weight is 468 g/mol. The van der Waals surface area contributed by atoms with E-state index in [2.05, 4.69) is 20.4 Å². The number of rotatable bonds is 5. The molecule has 0 atom stereocenters. The molecule has 0 saturated heterocycles. The highest BCUT2D eigenvalue weighted by atomic mass is 19.4. The normalized spacial score (nSPS) is 11.7. The minimum atomic E-state index is -4.47. The highest BCUT2D eigenvalue weighted by Gasteiger charge is 2.31. The van der Waals surface area contributed by atoms with Crippen molar-refractivity contribution in [2.45, 2.75) is 32.9 Å². The number of hydrogen-bond acceptors (Lipinski definition) is 5. The summed E-state index contributed by atoms with van der Waals surface area (Å²) in [7, 11) is 1.75. The molecule has 0 bridgehead atoms. The quantitative estimate of drug-likeness (QED) is 0.443. The van der Waals surface area contributed by atoms with Crippen molar-refractivity contribution >= 4 is 28.6 Å². The van der Waals surface area contributed by atoms with Gasteiger partial charge in [-0.25, -0.2) is 9.97 Å². The zero-order chi connectivity index (χ0) is 24.6. The van der Waals surface area contributed by atoms with Crippen LogP contribution in [0.5, 0.6) is 0 Å². The number of benzene rings is 2. The SMILES string of the molecule is CCc1cc(-c2cc(NC(=O)Cc3cc(C(F)(F)F)ccc3C)nn2C)cc2cnc(N)nc12. The first kappa shape index (κ1) is 23.2. The van der Waals surface area contributed by atoms with Crippen LogP contribution in [-0.4, -0.2) is 25.7 Å². The molecule has 7 nitrogen and oxygen atoms in total. The molecule has 0 saturated carbocycles. The summed E-state index contributed by atoms with van der Waals surface area (Å²) in [5, 5.41) is 7.87. The number of aryl methyl sites for hydroxylation is 3. The molecular formula is C24H23F3N6O. The zero-order valence-corrected chi connectivity index (χ0v) is 18.9. The lowest BCUT2D eigenvalue weighted by Crippen LogP contribution is -2.16. The van der Waals surface area contributed by atoms with Gasteiger partial charge in [-0.1, -0.05) is 13.0 Å². The van der Waals surface area contributed by atoms with Gasteiger partial charge in [0.1, 0.15) is 0 Å². The van der Waals surface area contributed by atoms with E-state index in [0.29, 0.717) is 16.9 Å². The standard InChI is InChI=1S/C24H23F3N6O/c1-4-14-7-16(8-17-12-29-23(28)31-22(14)17)19-11-20(32-33(19)3)30-21(34)10-15-9-18(24(25,26)27)6-5-13(15)2/h5-9,11-12H,4,10H2,1-3H3,(H2,28,29,31)(H,30,32,34). The van der Waals surface area contributed by atoms with E-state index in [-0.39, 0.29) is 12.4 Å². The van der Waals surface area contributed by atoms with Gasteiger partial charge in [0.15, 0.2) is 5.82 Å². The monoisotopic (exact) mass is 468 g/mol. The van der Waals surface area contributed by atoms with Crippen molar-refractivity contribution in [1.82, 2.24) is 19.7 Å². The van der Waals surface area contributed by atoms with Gasteiger partial charge >= 0.3 is 6.18 Å². The van der Waals surface area contributed by atoms with Crippen molar-refractivity contribution in [1.29, 1.82) is 0 Å². The van der Waals surface area contributed by atoms with Gasteiger partial charge in [-0.3, -0.25) is 9.48 Å². The first-order chi connectivity index (χ1) is 16.0. The predicted octanol–water partition coefficient (Wildman–Crippen LogP) is 4.68. The molecule has 10 heteroatoms. The molecule has 3 N–H and O–H groups in total. The van der Waals surface area contributed by atoms with Crippen LogP contribution in [-0.2, 0) is 30.9 Å². The Morgan fingerprint density at radius 2 is 1.91 bits per heavy atom. The van der Waals surface area contributed by atoms with Crippen LogP contribution >= 0.6 is 0 Å². The Balaban J connectivity index is 1.59. The van der Waals surface area contributed by atoms with E-state index >= 15 is 0 Å². The van der Waals surface area contributed by atoms with Gasteiger partial charge in [-0.15, -0.1) is 0 Å². The number of nitrogens with zero attached hydrogens (tertiary/aromatic N) is 4. The number of hydrogen-bond donors (Lipinski definition) is 2. The van der Waals surface area contributed by atoms with Crippen molar-refractivity contribution < 1.29 is 18.0 Å². The lowest BCUT2D eigenvalue weighted by Gasteiger charge is -2.11. The summed E-state index contributed by atoms with van der Waals surface area (Å²) < 4.78 is 40.7. The van der Waals surface area contributed by atoms with Gasteiger partial charge in [0.2, 0.25) is 11.9 Å². The van der Waals surface area contributed by atoms with Crippen molar-refractivity contribution in [2.75, 3.05) is 11.1 Å². The molecule has 0 spiro atoms. The van der Waals surface area contributed by atoms with Crippen LogP contribution in [0.2, 0.25) is 0 Å². The van der Waals surface area contributed by atoms with Crippen molar-refractivity contribution in [3.63, 3.8) is 0 Å². The number of carbonyl (C=O) groups is 1. The van der Waals surface area contributed by atoms with E-state index < -0.39 is 17.6 Å². The summed E-state index contributed by atoms with van der Waals surface area (Å²) in [6.07, 6.45) is -2.27. The molecule has 4 aromatic rings. The van der Waals surface area contributed by atoms with Crippen LogP contribution < -0.4 is 11.1 Å². The maximum absolute atomic E-state index is 13.0. The number of carbonyl (C=O) groups excluding carboxylic acids is 1. The largest absolute Gasteiger partial charge is 0.416 e. The molecule has 4 rings (SSSR count). The number of nitrogens with two attached hydrogens (primary N) is 1. The average Bonchev–Trinajstić information content (AvgIpc) is 3.13. The summed E-state index contributed by atoms with van der Waals surface area (Å²) in [6, 6.07) is 9.01. The van der Waals surface area contributed by atoms with Gasteiger partial charge in [0.05, 0.1) is 23.2 Å². The van der Waals surface area contributed by atoms with E-state index in [0.717, 1.165) is 46.3 Å². The topological polar surface area (TPSA) is 98.7 Å². The number of amides is 1. The number of fused-ring (bicyclic) bond motifs is 1. The van der Waals surface area contributed by atoms with Gasteiger partial charge in [0.25, 0.3) is 0 Å². The minimum Gasteiger partial charge on any atom is -0.368 e. The fourth-order valence-corrected chi connectivity index (χ4v) is 3.85. The first-order valence-electron chi connectivity index (χ1n) is 10.6.